The Morgan fingerprint density at radius 1 is 1.15 bits per heavy atom. The fourth-order valence-corrected chi connectivity index (χ4v) is 3.00. The van der Waals surface area contributed by atoms with Crippen molar-refractivity contribution < 1.29 is 0 Å². The highest BCUT2D eigenvalue weighted by Crippen LogP contribution is 2.29. The van der Waals surface area contributed by atoms with E-state index in [9.17, 15) is 0 Å². The molecule has 0 aromatic heterocycles. The largest absolute Gasteiger partial charge is 0.320 e. The summed E-state index contributed by atoms with van der Waals surface area (Å²) in [5, 5.41) is 0.696. The Kier molecular flexibility index (Phi) is 5.64. The topological polar surface area (TPSA) is 26.0 Å². The Hall–Kier alpha value is -0.830. The molecule has 0 amide bonds. The first-order chi connectivity index (χ1) is 9.61. The Bertz CT molecular complexity index is 566. The van der Waals surface area contributed by atoms with E-state index in [1.807, 2.05) is 18.2 Å². The minimum Gasteiger partial charge on any atom is -0.320 e. The summed E-state index contributed by atoms with van der Waals surface area (Å²) in [6.07, 6.45) is 3.57. The number of nitrogens with two attached hydrogens (primary N) is 1. The maximum absolute atomic E-state index is 6.32. The molecule has 0 heterocycles. The van der Waals surface area contributed by atoms with Gasteiger partial charge in [-0.2, -0.15) is 0 Å². The molecule has 0 saturated heterocycles. The zero-order valence-electron chi connectivity index (χ0n) is 11.6. The number of hydrogen-bond acceptors (Lipinski definition) is 1. The molecule has 106 valence electrons. The van der Waals surface area contributed by atoms with E-state index in [0.717, 1.165) is 22.0 Å². The van der Waals surface area contributed by atoms with Crippen molar-refractivity contribution >= 4 is 27.5 Å². The molecule has 0 bridgehead atoms. The number of rotatable bonds is 5. The van der Waals surface area contributed by atoms with Crippen LogP contribution in [0, 0.1) is 0 Å². The molecule has 2 aromatic carbocycles. The van der Waals surface area contributed by atoms with Crippen molar-refractivity contribution in [1.82, 2.24) is 0 Å². The van der Waals surface area contributed by atoms with Gasteiger partial charge in [0.05, 0.1) is 6.04 Å². The number of aryl methyl sites for hydroxylation is 1. The van der Waals surface area contributed by atoms with E-state index < -0.39 is 0 Å². The van der Waals surface area contributed by atoms with Crippen LogP contribution in [0.1, 0.15) is 42.5 Å². The van der Waals surface area contributed by atoms with E-state index in [-0.39, 0.29) is 6.04 Å². The third kappa shape index (κ3) is 3.85. The standard InChI is InChI=1S/C17H19BrClN/c1-2-3-4-12-5-7-13(8-6-12)17(20)15-10-9-14(18)11-16(15)19/h5-11,17H,2-4,20H2,1H3. The molecule has 2 aromatic rings. The van der Waals surface area contributed by atoms with Gasteiger partial charge in [0.15, 0.2) is 0 Å². The molecular weight excluding hydrogens is 334 g/mol. The van der Waals surface area contributed by atoms with Gasteiger partial charge in [-0.15, -0.1) is 0 Å². The molecule has 0 aliphatic rings. The van der Waals surface area contributed by atoms with Crippen LogP contribution in [0.15, 0.2) is 46.9 Å². The molecule has 0 spiro atoms. The highest BCUT2D eigenvalue weighted by molar-refractivity contribution is 9.10. The molecule has 2 rings (SSSR count). The monoisotopic (exact) mass is 351 g/mol. The third-order valence-corrected chi connectivity index (χ3v) is 4.28. The Labute approximate surface area is 134 Å². The Balaban J connectivity index is 2.18. The third-order valence-electron chi connectivity index (χ3n) is 3.46. The van der Waals surface area contributed by atoms with E-state index >= 15 is 0 Å². The van der Waals surface area contributed by atoms with Crippen molar-refractivity contribution in [2.75, 3.05) is 0 Å². The summed E-state index contributed by atoms with van der Waals surface area (Å²) in [7, 11) is 0. The van der Waals surface area contributed by atoms with Crippen LogP contribution in [-0.2, 0) is 6.42 Å². The Morgan fingerprint density at radius 3 is 2.45 bits per heavy atom. The highest BCUT2D eigenvalue weighted by atomic mass is 79.9. The molecule has 0 fully saturated rings. The van der Waals surface area contributed by atoms with Gasteiger partial charge in [-0.05, 0) is 41.7 Å². The summed E-state index contributed by atoms with van der Waals surface area (Å²) in [4.78, 5) is 0. The van der Waals surface area contributed by atoms with E-state index in [1.54, 1.807) is 0 Å². The van der Waals surface area contributed by atoms with Crippen LogP contribution in [0.3, 0.4) is 0 Å². The highest BCUT2D eigenvalue weighted by Gasteiger charge is 2.12. The van der Waals surface area contributed by atoms with Crippen molar-refractivity contribution in [3.8, 4) is 0 Å². The lowest BCUT2D eigenvalue weighted by atomic mass is 9.97. The number of unbranched alkanes of at least 4 members (excludes halogenated alkanes) is 1. The average Bonchev–Trinajstić information content (AvgIpc) is 2.45. The first kappa shape index (κ1) is 15.6. The summed E-state index contributed by atoms with van der Waals surface area (Å²) >= 11 is 9.67. The fraction of sp³-hybridized carbons (Fsp3) is 0.294. The molecule has 1 unspecified atom stereocenters. The minimum absolute atomic E-state index is 0.184. The molecule has 0 radical (unpaired) electrons. The molecule has 3 heteroatoms. The summed E-state index contributed by atoms with van der Waals surface area (Å²) in [6, 6.07) is 14.2. The van der Waals surface area contributed by atoms with Crippen LogP contribution < -0.4 is 5.73 Å². The van der Waals surface area contributed by atoms with Gasteiger partial charge in [0.1, 0.15) is 0 Å². The van der Waals surface area contributed by atoms with Crippen LogP contribution in [0.25, 0.3) is 0 Å². The molecule has 1 atom stereocenters. The van der Waals surface area contributed by atoms with Crippen LogP contribution in [0.4, 0.5) is 0 Å². The minimum atomic E-state index is -0.184. The average molecular weight is 353 g/mol. The summed E-state index contributed by atoms with van der Waals surface area (Å²) < 4.78 is 0.966. The van der Waals surface area contributed by atoms with Crippen molar-refractivity contribution in [2.45, 2.75) is 32.2 Å². The van der Waals surface area contributed by atoms with Crippen LogP contribution in [0.2, 0.25) is 5.02 Å². The number of halogens is 2. The maximum atomic E-state index is 6.32. The molecule has 20 heavy (non-hydrogen) atoms. The van der Waals surface area contributed by atoms with Crippen molar-refractivity contribution in [3.05, 3.63) is 68.7 Å². The van der Waals surface area contributed by atoms with Gasteiger partial charge in [-0.25, -0.2) is 0 Å². The molecule has 0 saturated carbocycles. The van der Waals surface area contributed by atoms with E-state index in [1.165, 1.54) is 18.4 Å². The Morgan fingerprint density at radius 2 is 1.85 bits per heavy atom. The second-order valence-electron chi connectivity index (χ2n) is 4.99. The van der Waals surface area contributed by atoms with Crippen molar-refractivity contribution in [2.24, 2.45) is 5.73 Å². The van der Waals surface area contributed by atoms with Gasteiger partial charge >= 0.3 is 0 Å². The second kappa shape index (κ2) is 7.26. The summed E-state index contributed by atoms with van der Waals surface area (Å²) in [5.74, 6) is 0. The van der Waals surface area contributed by atoms with Gasteiger partial charge < -0.3 is 5.73 Å². The number of hydrogen-bond donors (Lipinski definition) is 1. The molecular formula is C17H19BrClN. The van der Waals surface area contributed by atoms with Gasteiger partial charge in [-0.3, -0.25) is 0 Å². The molecule has 2 N–H and O–H groups in total. The predicted octanol–water partition coefficient (Wildman–Crippen LogP) is 5.49. The van der Waals surface area contributed by atoms with E-state index in [2.05, 4.69) is 47.1 Å². The van der Waals surface area contributed by atoms with Gasteiger partial charge in [0.2, 0.25) is 0 Å². The predicted molar refractivity (Wildman–Crippen MR) is 90.2 cm³/mol. The van der Waals surface area contributed by atoms with Crippen molar-refractivity contribution in [1.29, 1.82) is 0 Å². The summed E-state index contributed by atoms with van der Waals surface area (Å²) in [6.45, 7) is 2.21. The zero-order valence-corrected chi connectivity index (χ0v) is 13.9. The fourth-order valence-electron chi connectivity index (χ4n) is 2.21. The lowest BCUT2D eigenvalue weighted by Gasteiger charge is -2.15. The van der Waals surface area contributed by atoms with Crippen LogP contribution in [-0.4, -0.2) is 0 Å². The van der Waals surface area contributed by atoms with Gasteiger partial charge in [0, 0.05) is 9.50 Å². The second-order valence-corrected chi connectivity index (χ2v) is 6.31. The van der Waals surface area contributed by atoms with Crippen molar-refractivity contribution in [3.63, 3.8) is 0 Å². The lowest BCUT2D eigenvalue weighted by Crippen LogP contribution is -2.12. The first-order valence-electron chi connectivity index (χ1n) is 6.91. The maximum Gasteiger partial charge on any atom is 0.0566 e. The number of benzene rings is 2. The zero-order chi connectivity index (χ0) is 14.5. The molecule has 0 aliphatic heterocycles. The lowest BCUT2D eigenvalue weighted by molar-refractivity contribution is 0.793. The van der Waals surface area contributed by atoms with Crippen LogP contribution >= 0.6 is 27.5 Å². The van der Waals surface area contributed by atoms with Gasteiger partial charge in [-0.1, -0.05) is 71.2 Å². The van der Waals surface area contributed by atoms with E-state index in [4.69, 9.17) is 17.3 Å². The smallest absolute Gasteiger partial charge is 0.0566 e. The van der Waals surface area contributed by atoms with Gasteiger partial charge in [0.25, 0.3) is 0 Å². The molecule has 0 aliphatic carbocycles. The SMILES string of the molecule is CCCCc1ccc(C(N)c2ccc(Br)cc2Cl)cc1. The summed E-state index contributed by atoms with van der Waals surface area (Å²) in [5.41, 5.74) is 9.73. The molecule has 1 nitrogen and oxygen atoms in total. The first-order valence-corrected chi connectivity index (χ1v) is 8.08. The normalized spacial score (nSPS) is 12.4. The van der Waals surface area contributed by atoms with E-state index in [0.29, 0.717) is 5.02 Å². The van der Waals surface area contributed by atoms with Crippen LogP contribution in [0.5, 0.6) is 0 Å². The quantitative estimate of drug-likeness (QED) is 0.756.